The molecule has 0 atom stereocenters. The van der Waals surface area contributed by atoms with Gasteiger partial charge in [-0.25, -0.2) is 0 Å². The number of rotatable bonds is 7. The van der Waals surface area contributed by atoms with Gasteiger partial charge < -0.3 is 15.0 Å². The summed E-state index contributed by atoms with van der Waals surface area (Å²) in [5.74, 6) is 0.749. The molecule has 1 aliphatic rings. The van der Waals surface area contributed by atoms with E-state index < -0.39 is 0 Å². The third-order valence-electron chi connectivity index (χ3n) is 4.42. The summed E-state index contributed by atoms with van der Waals surface area (Å²) in [4.78, 5) is 25.4. The number of nitrogens with one attached hydrogen (secondary N) is 1. The van der Waals surface area contributed by atoms with Crippen molar-refractivity contribution in [2.45, 2.75) is 32.4 Å². The molecule has 26 heavy (non-hydrogen) atoms. The summed E-state index contributed by atoms with van der Waals surface area (Å²) in [6.45, 7) is 1.80. The minimum Gasteiger partial charge on any atom is -0.489 e. The molecule has 1 saturated heterocycles. The van der Waals surface area contributed by atoms with Crippen LogP contribution in [0.5, 0.6) is 5.75 Å². The second kappa shape index (κ2) is 9.04. The van der Waals surface area contributed by atoms with Crippen molar-refractivity contribution in [3.63, 3.8) is 0 Å². The first kappa shape index (κ1) is 18.0. The summed E-state index contributed by atoms with van der Waals surface area (Å²) in [7, 11) is 0. The van der Waals surface area contributed by atoms with Crippen molar-refractivity contribution in [2.75, 3.05) is 13.1 Å². The second-order valence-electron chi connectivity index (χ2n) is 6.47. The Morgan fingerprint density at radius 1 is 1.00 bits per heavy atom. The first-order valence-corrected chi connectivity index (χ1v) is 9.01. The molecule has 5 heteroatoms. The molecule has 1 heterocycles. The number of hydrogen-bond donors (Lipinski definition) is 1. The molecule has 1 aliphatic heterocycles. The smallest absolute Gasteiger partial charge is 0.239 e. The van der Waals surface area contributed by atoms with Gasteiger partial charge in [0.15, 0.2) is 0 Å². The number of piperidine rings is 1. The highest BCUT2D eigenvalue weighted by molar-refractivity contribution is 5.85. The fraction of sp³-hybridized carbons (Fsp3) is 0.333. The number of likely N-dealkylation sites (tertiary alicyclic amines) is 1. The van der Waals surface area contributed by atoms with Crippen molar-refractivity contribution in [1.29, 1.82) is 0 Å². The fourth-order valence-corrected chi connectivity index (χ4v) is 2.90. The van der Waals surface area contributed by atoms with Crippen LogP contribution in [-0.2, 0) is 22.7 Å². The number of hydrogen-bond acceptors (Lipinski definition) is 3. The number of carbonyl (C=O) groups excluding carboxylic acids is 2. The van der Waals surface area contributed by atoms with E-state index in [4.69, 9.17) is 4.74 Å². The van der Waals surface area contributed by atoms with Crippen molar-refractivity contribution in [3.8, 4) is 5.75 Å². The van der Waals surface area contributed by atoms with Gasteiger partial charge in [-0.1, -0.05) is 42.5 Å². The van der Waals surface area contributed by atoms with Crippen LogP contribution in [0.1, 0.15) is 30.4 Å². The molecule has 0 bridgehead atoms. The largest absolute Gasteiger partial charge is 0.489 e. The molecule has 2 aromatic carbocycles. The summed E-state index contributed by atoms with van der Waals surface area (Å²) in [6, 6.07) is 17.7. The lowest BCUT2D eigenvalue weighted by atomic mass is 10.1. The van der Waals surface area contributed by atoms with Gasteiger partial charge in [-0.05, 0) is 36.1 Å². The first-order chi connectivity index (χ1) is 12.7. The Kier molecular flexibility index (Phi) is 6.25. The lowest BCUT2D eigenvalue weighted by Gasteiger charge is -2.25. The topological polar surface area (TPSA) is 58.6 Å². The molecule has 0 unspecified atom stereocenters. The average molecular weight is 352 g/mol. The monoisotopic (exact) mass is 352 g/mol. The third kappa shape index (κ3) is 5.34. The molecule has 0 saturated carbocycles. The molecule has 1 N–H and O–H groups in total. The van der Waals surface area contributed by atoms with Crippen molar-refractivity contribution >= 4 is 11.8 Å². The van der Waals surface area contributed by atoms with Crippen LogP contribution in [0, 0.1) is 0 Å². The minimum atomic E-state index is -0.121. The van der Waals surface area contributed by atoms with Crippen LogP contribution >= 0.6 is 0 Å². The average Bonchev–Trinajstić information content (AvgIpc) is 2.68. The van der Waals surface area contributed by atoms with Crippen LogP contribution in [-0.4, -0.2) is 29.8 Å². The van der Waals surface area contributed by atoms with Gasteiger partial charge >= 0.3 is 0 Å². The van der Waals surface area contributed by atoms with E-state index in [1.165, 1.54) is 0 Å². The summed E-state index contributed by atoms with van der Waals surface area (Å²) in [5, 5.41) is 2.87. The maximum absolute atomic E-state index is 12.0. The standard InChI is InChI=1S/C21H24N2O3/c24-20(15-23-13-5-4-8-21(23)25)22-14-17-9-11-19(12-10-17)26-16-18-6-2-1-3-7-18/h1-3,6-7,9-12H,4-5,8,13-16H2,(H,22,24). The summed E-state index contributed by atoms with van der Waals surface area (Å²) in [5.41, 5.74) is 2.12. The summed E-state index contributed by atoms with van der Waals surface area (Å²) in [6.07, 6.45) is 2.46. The second-order valence-corrected chi connectivity index (χ2v) is 6.47. The van der Waals surface area contributed by atoms with Crippen LogP contribution in [0.3, 0.4) is 0 Å². The van der Waals surface area contributed by atoms with Crippen LogP contribution in [0.4, 0.5) is 0 Å². The van der Waals surface area contributed by atoms with Gasteiger partial charge in [0.1, 0.15) is 12.4 Å². The Morgan fingerprint density at radius 2 is 1.77 bits per heavy atom. The van der Waals surface area contributed by atoms with E-state index in [0.717, 1.165) is 29.7 Å². The molecule has 5 nitrogen and oxygen atoms in total. The molecule has 0 spiro atoms. The highest BCUT2D eigenvalue weighted by atomic mass is 16.5. The number of carbonyl (C=O) groups is 2. The van der Waals surface area contributed by atoms with Gasteiger partial charge in [-0.3, -0.25) is 9.59 Å². The summed E-state index contributed by atoms with van der Waals surface area (Å²) >= 11 is 0. The molecule has 0 radical (unpaired) electrons. The van der Waals surface area contributed by atoms with Gasteiger partial charge in [-0.2, -0.15) is 0 Å². The number of amides is 2. The van der Waals surface area contributed by atoms with Gasteiger partial charge in [0.05, 0.1) is 6.54 Å². The number of ether oxygens (including phenoxy) is 1. The zero-order valence-corrected chi connectivity index (χ0v) is 14.8. The third-order valence-corrected chi connectivity index (χ3v) is 4.42. The van der Waals surface area contributed by atoms with Gasteiger partial charge in [0.2, 0.25) is 11.8 Å². The molecule has 136 valence electrons. The SMILES string of the molecule is O=C(CN1CCCCC1=O)NCc1ccc(OCc2ccccc2)cc1. The molecular weight excluding hydrogens is 328 g/mol. The number of nitrogens with zero attached hydrogens (tertiary/aromatic N) is 1. The molecule has 0 aliphatic carbocycles. The Morgan fingerprint density at radius 3 is 2.50 bits per heavy atom. The van der Waals surface area contributed by atoms with E-state index in [1.54, 1.807) is 4.90 Å². The highest BCUT2D eigenvalue weighted by Crippen LogP contribution is 2.14. The van der Waals surface area contributed by atoms with Crippen LogP contribution < -0.4 is 10.1 Å². The lowest BCUT2D eigenvalue weighted by Crippen LogP contribution is -2.42. The Hall–Kier alpha value is -2.82. The van der Waals surface area contributed by atoms with E-state index in [9.17, 15) is 9.59 Å². The van der Waals surface area contributed by atoms with Crippen LogP contribution in [0.2, 0.25) is 0 Å². The molecular formula is C21H24N2O3. The zero-order valence-electron chi connectivity index (χ0n) is 14.8. The quantitative estimate of drug-likeness (QED) is 0.834. The van der Waals surface area contributed by atoms with Crippen LogP contribution in [0.15, 0.2) is 54.6 Å². The maximum Gasteiger partial charge on any atom is 0.239 e. The molecule has 0 aromatic heterocycles. The minimum absolute atomic E-state index is 0.0753. The lowest BCUT2D eigenvalue weighted by molar-refractivity contribution is -0.137. The normalized spacial score (nSPS) is 14.2. The molecule has 2 aromatic rings. The summed E-state index contributed by atoms with van der Waals surface area (Å²) < 4.78 is 5.75. The number of benzene rings is 2. The van der Waals surface area contributed by atoms with Gasteiger partial charge in [0, 0.05) is 19.5 Å². The van der Waals surface area contributed by atoms with E-state index in [0.29, 0.717) is 26.1 Å². The predicted molar refractivity (Wildman–Crippen MR) is 99.5 cm³/mol. The Balaban J connectivity index is 1.42. The van der Waals surface area contributed by atoms with Gasteiger partial charge in [-0.15, -0.1) is 0 Å². The van der Waals surface area contributed by atoms with Crippen LogP contribution in [0.25, 0.3) is 0 Å². The Labute approximate surface area is 154 Å². The predicted octanol–water partition coefficient (Wildman–Crippen LogP) is 2.89. The van der Waals surface area contributed by atoms with Crippen molar-refractivity contribution in [1.82, 2.24) is 10.2 Å². The van der Waals surface area contributed by atoms with E-state index in [1.807, 2.05) is 54.6 Å². The van der Waals surface area contributed by atoms with Gasteiger partial charge in [0.25, 0.3) is 0 Å². The van der Waals surface area contributed by atoms with E-state index in [-0.39, 0.29) is 18.4 Å². The van der Waals surface area contributed by atoms with Crippen molar-refractivity contribution in [2.24, 2.45) is 0 Å². The van der Waals surface area contributed by atoms with E-state index >= 15 is 0 Å². The molecule has 1 fully saturated rings. The Bertz CT molecular complexity index is 729. The fourth-order valence-electron chi connectivity index (χ4n) is 2.90. The highest BCUT2D eigenvalue weighted by Gasteiger charge is 2.20. The zero-order chi connectivity index (χ0) is 18.2. The van der Waals surface area contributed by atoms with Crippen molar-refractivity contribution < 1.29 is 14.3 Å². The van der Waals surface area contributed by atoms with E-state index in [2.05, 4.69) is 5.32 Å². The molecule has 3 rings (SSSR count). The maximum atomic E-state index is 12.0. The molecule has 2 amide bonds. The van der Waals surface area contributed by atoms with Crippen molar-refractivity contribution in [3.05, 3.63) is 65.7 Å². The first-order valence-electron chi connectivity index (χ1n) is 9.01.